The van der Waals surface area contributed by atoms with E-state index in [0.717, 1.165) is 6.20 Å². The monoisotopic (exact) mass is 252 g/mol. The van der Waals surface area contributed by atoms with Gasteiger partial charge in [0.25, 0.3) is 11.6 Å². The lowest BCUT2D eigenvalue weighted by molar-refractivity contribution is -0.385. The molecule has 3 N–H and O–H groups in total. The fraction of sp³-hybridized carbons (Fsp3) is 0.455. The van der Waals surface area contributed by atoms with Crippen molar-refractivity contribution in [2.45, 2.75) is 13.8 Å². The number of hydrogen-bond donors (Lipinski definition) is 2. The number of nitro groups is 1. The third-order valence-electron chi connectivity index (χ3n) is 2.54. The summed E-state index contributed by atoms with van der Waals surface area (Å²) in [5.74, 6) is -0.218. The fourth-order valence-electron chi connectivity index (χ4n) is 1.30. The van der Waals surface area contributed by atoms with Crippen molar-refractivity contribution < 1.29 is 9.72 Å². The van der Waals surface area contributed by atoms with E-state index in [2.05, 4.69) is 10.3 Å². The predicted molar refractivity (Wildman–Crippen MR) is 66.2 cm³/mol. The fourth-order valence-corrected chi connectivity index (χ4v) is 1.30. The highest BCUT2D eigenvalue weighted by Gasteiger charge is 2.16. The van der Waals surface area contributed by atoms with Gasteiger partial charge in [-0.15, -0.1) is 0 Å². The first kappa shape index (κ1) is 14.0. The molecule has 0 aliphatic carbocycles. The molecule has 1 amide bonds. The zero-order valence-electron chi connectivity index (χ0n) is 10.3. The molecule has 0 saturated heterocycles. The number of hydrogen-bond acceptors (Lipinski definition) is 5. The molecule has 1 atom stereocenters. The van der Waals surface area contributed by atoms with Gasteiger partial charge in [-0.1, -0.05) is 6.92 Å². The number of amides is 1. The van der Waals surface area contributed by atoms with Gasteiger partial charge in [0, 0.05) is 12.6 Å². The predicted octanol–water partition coefficient (Wildman–Crippen LogP) is 0.623. The normalized spacial score (nSPS) is 11.9. The van der Waals surface area contributed by atoms with Crippen LogP contribution in [0.5, 0.6) is 0 Å². The van der Waals surface area contributed by atoms with E-state index in [-0.39, 0.29) is 23.1 Å². The van der Waals surface area contributed by atoms with Crippen molar-refractivity contribution in [3.05, 3.63) is 33.6 Å². The van der Waals surface area contributed by atoms with Crippen LogP contribution in [0.4, 0.5) is 5.69 Å². The number of aromatic nitrogens is 1. The minimum Gasteiger partial charge on any atom is -0.352 e. The molecule has 0 fully saturated rings. The second kappa shape index (κ2) is 6.06. The summed E-state index contributed by atoms with van der Waals surface area (Å²) in [6.45, 7) is 4.42. The van der Waals surface area contributed by atoms with E-state index in [1.807, 2.05) is 6.92 Å². The van der Waals surface area contributed by atoms with Crippen molar-refractivity contribution in [1.82, 2.24) is 10.3 Å². The van der Waals surface area contributed by atoms with Gasteiger partial charge in [0.15, 0.2) is 0 Å². The summed E-state index contributed by atoms with van der Waals surface area (Å²) in [5, 5.41) is 13.3. The topological polar surface area (TPSA) is 111 Å². The average molecular weight is 252 g/mol. The minimum absolute atomic E-state index is 0.154. The Morgan fingerprint density at radius 2 is 2.33 bits per heavy atom. The van der Waals surface area contributed by atoms with Crippen LogP contribution < -0.4 is 11.1 Å². The van der Waals surface area contributed by atoms with Crippen molar-refractivity contribution in [1.29, 1.82) is 0 Å². The van der Waals surface area contributed by atoms with Crippen LogP contribution in [-0.4, -0.2) is 28.9 Å². The SMILES string of the molecule is Cc1ncc([N+](=O)[O-])cc1C(=O)NCC(C)CN. The number of rotatable bonds is 5. The summed E-state index contributed by atoms with van der Waals surface area (Å²) < 4.78 is 0. The highest BCUT2D eigenvalue weighted by atomic mass is 16.6. The van der Waals surface area contributed by atoms with Crippen LogP contribution in [0.25, 0.3) is 0 Å². The molecule has 0 bridgehead atoms. The Hall–Kier alpha value is -2.02. The van der Waals surface area contributed by atoms with E-state index in [1.165, 1.54) is 6.07 Å². The number of carbonyl (C=O) groups excluding carboxylic acids is 1. The Balaban J connectivity index is 2.84. The molecular weight excluding hydrogens is 236 g/mol. The van der Waals surface area contributed by atoms with Crippen LogP contribution in [0.15, 0.2) is 12.3 Å². The van der Waals surface area contributed by atoms with Gasteiger partial charge < -0.3 is 11.1 Å². The molecule has 1 rings (SSSR count). The van der Waals surface area contributed by atoms with Crippen molar-refractivity contribution in [2.24, 2.45) is 11.7 Å². The highest BCUT2D eigenvalue weighted by Crippen LogP contribution is 2.14. The van der Waals surface area contributed by atoms with E-state index in [9.17, 15) is 14.9 Å². The lowest BCUT2D eigenvalue weighted by Gasteiger charge is -2.10. The summed E-state index contributed by atoms with van der Waals surface area (Å²) in [4.78, 5) is 25.7. The van der Waals surface area contributed by atoms with Gasteiger partial charge in [-0.05, 0) is 19.4 Å². The first-order valence-electron chi connectivity index (χ1n) is 5.55. The van der Waals surface area contributed by atoms with Crippen LogP contribution in [0, 0.1) is 23.0 Å². The van der Waals surface area contributed by atoms with Crippen LogP contribution in [0.1, 0.15) is 23.0 Å². The van der Waals surface area contributed by atoms with Gasteiger partial charge in [-0.25, -0.2) is 0 Å². The first-order chi connectivity index (χ1) is 8.45. The molecule has 1 aromatic heterocycles. The molecule has 0 spiro atoms. The Labute approximate surface area is 105 Å². The molecule has 1 heterocycles. The van der Waals surface area contributed by atoms with Crippen LogP contribution in [-0.2, 0) is 0 Å². The second-order valence-corrected chi connectivity index (χ2v) is 4.13. The van der Waals surface area contributed by atoms with Crippen LogP contribution >= 0.6 is 0 Å². The van der Waals surface area contributed by atoms with Crippen molar-refractivity contribution in [2.75, 3.05) is 13.1 Å². The van der Waals surface area contributed by atoms with E-state index >= 15 is 0 Å². The number of nitrogens with zero attached hydrogens (tertiary/aromatic N) is 2. The van der Waals surface area contributed by atoms with E-state index in [1.54, 1.807) is 6.92 Å². The number of carbonyl (C=O) groups is 1. The lowest BCUT2D eigenvalue weighted by atomic mass is 10.1. The standard InChI is InChI=1S/C11H16N4O3/c1-7(4-12)5-14-11(16)10-3-9(15(17)18)6-13-8(10)2/h3,6-7H,4-5,12H2,1-2H3,(H,14,16). The summed E-state index contributed by atoms with van der Waals surface area (Å²) >= 11 is 0. The second-order valence-electron chi connectivity index (χ2n) is 4.13. The maximum atomic E-state index is 11.8. The Morgan fingerprint density at radius 3 is 2.89 bits per heavy atom. The molecular formula is C11H16N4O3. The molecule has 7 heteroatoms. The van der Waals surface area contributed by atoms with Crippen molar-refractivity contribution in [3.63, 3.8) is 0 Å². The number of pyridine rings is 1. The largest absolute Gasteiger partial charge is 0.352 e. The van der Waals surface area contributed by atoms with Gasteiger partial charge in [0.1, 0.15) is 6.20 Å². The molecule has 1 unspecified atom stereocenters. The van der Waals surface area contributed by atoms with E-state index < -0.39 is 4.92 Å². The Morgan fingerprint density at radius 1 is 1.67 bits per heavy atom. The van der Waals surface area contributed by atoms with Gasteiger partial charge >= 0.3 is 0 Å². The molecule has 0 aliphatic heterocycles. The Bertz CT molecular complexity index is 462. The molecule has 1 aromatic rings. The summed E-state index contributed by atoms with van der Waals surface area (Å²) in [7, 11) is 0. The maximum absolute atomic E-state index is 11.8. The summed E-state index contributed by atoms with van der Waals surface area (Å²) in [5.41, 5.74) is 5.91. The van der Waals surface area contributed by atoms with E-state index in [4.69, 9.17) is 5.73 Å². The average Bonchev–Trinajstić information content (AvgIpc) is 2.35. The molecule has 98 valence electrons. The maximum Gasteiger partial charge on any atom is 0.288 e. The van der Waals surface area contributed by atoms with Crippen molar-refractivity contribution in [3.8, 4) is 0 Å². The van der Waals surface area contributed by atoms with Crippen molar-refractivity contribution >= 4 is 11.6 Å². The van der Waals surface area contributed by atoms with Crippen LogP contribution in [0.3, 0.4) is 0 Å². The molecule has 0 aliphatic rings. The summed E-state index contributed by atoms with van der Waals surface area (Å²) in [6.07, 6.45) is 1.13. The molecule has 0 saturated carbocycles. The van der Waals surface area contributed by atoms with Gasteiger partial charge in [-0.2, -0.15) is 0 Å². The zero-order chi connectivity index (χ0) is 13.7. The number of nitrogens with one attached hydrogen (secondary N) is 1. The molecule has 0 aromatic carbocycles. The van der Waals surface area contributed by atoms with Gasteiger partial charge in [-0.3, -0.25) is 19.9 Å². The molecule has 18 heavy (non-hydrogen) atoms. The third kappa shape index (κ3) is 3.49. The first-order valence-corrected chi connectivity index (χ1v) is 5.55. The smallest absolute Gasteiger partial charge is 0.288 e. The third-order valence-corrected chi connectivity index (χ3v) is 2.54. The van der Waals surface area contributed by atoms with E-state index in [0.29, 0.717) is 18.8 Å². The number of aryl methyl sites for hydroxylation is 1. The lowest BCUT2D eigenvalue weighted by Crippen LogP contribution is -2.31. The quantitative estimate of drug-likeness (QED) is 0.589. The number of nitrogens with two attached hydrogens (primary N) is 1. The summed E-state index contributed by atoms with van der Waals surface area (Å²) in [6, 6.07) is 1.23. The zero-order valence-corrected chi connectivity index (χ0v) is 10.3. The Kier molecular flexibility index (Phi) is 4.73. The highest BCUT2D eigenvalue weighted by molar-refractivity contribution is 5.95. The minimum atomic E-state index is -0.578. The van der Waals surface area contributed by atoms with Gasteiger partial charge in [0.05, 0.1) is 16.2 Å². The molecule has 7 nitrogen and oxygen atoms in total. The van der Waals surface area contributed by atoms with Crippen LogP contribution in [0.2, 0.25) is 0 Å². The van der Waals surface area contributed by atoms with Gasteiger partial charge in [0.2, 0.25) is 0 Å². The molecule has 0 radical (unpaired) electrons.